The Bertz CT molecular complexity index is 612. The Kier molecular flexibility index (Phi) is 2.80. The molecule has 0 N–H and O–H groups in total. The van der Waals surface area contributed by atoms with Crippen molar-refractivity contribution in [3.63, 3.8) is 0 Å². The molecular weight excluding hydrogens is 270 g/mol. The molecule has 21 heavy (non-hydrogen) atoms. The fourth-order valence-electron chi connectivity index (χ4n) is 3.61. The Labute approximate surface area is 123 Å². The minimum atomic E-state index is -0.238. The lowest BCUT2D eigenvalue weighted by Gasteiger charge is -2.35. The largest absolute Gasteiger partial charge is 0.454 e. The molecule has 3 atom stereocenters. The molecule has 1 saturated heterocycles. The van der Waals surface area contributed by atoms with Gasteiger partial charge in [0.25, 0.3) is 0 Å². The third kappa shape index (κ3) is 1.87. The van der Waals surface area contributed by atoms with Crippen LogP contribution < -0.4 is 9.47 Å². The van der Waals surface area contributed by atoms with Crippen molar-refractivity contribution >= 4 is 6.09 Å². The summed E-state index contributed by atoms with van der Waals surface area (Å²) in [7, 11) is 1.44. The topological polar surface area (TPSA) is 48.0 Å². The Balaban J connectivity index is 1.68. The maximum Gasteiger partial charge on any atom is 0.410 e. The molecule has 3 aliphatic heterocycles. The van der Waals surface area contributed by atoms with Crippen molar-refractivity contribution < 1.29 is 19.0 Å². The van der Waals surface area contributed by atoms with Crippen molar-refractivity contribution in [2.45, 2.75) is 30.8 Å². The predicted octanol–water partition coefficient (Wildman–Crippen LogP) is 2.67. The molecule has 1 aromatic carbocycles. The Morgan fingerprint density at radius 3 is 2.95 bits per heavy atom. The zero-order valence-electron chi connectivity index (χ0n) is 11.8. The zero-order valence-corrected chi connectivity index (χ0v) is 11.8. The number of carbonyl (C=O) groups is 1. The first-order valence-electron chi connectivity index (χ1n) is 7.22. The van der Waals surface area contributed by atoms with Gasteiger partial charge in [-0.3, -0.25) is 4.90 Å². The van der Waals surface area contributed by atoms with E-state index in [1.807, 2.05) is 17.0 Å². The van der Waals surface area contributed by atoms with E-state index in [0.29, 0.717) is 0 Å². The third-order valence-electron chi connectivity index (χ3n) is 4.59. The summed E-state index contributed by atoms with van der Waals surface area (Å²) >= 11 is 0. The molecule has 2 bridgehead atoms. The number of amides is 1. The SMILES string of the molecule is COC(=O)N1C2C=CC(c3ccc4c(c3)OCO4)C1CC2. The van der Waals surface area contributed by atoms with Gasteiger partial charge in [0.15, 0.2) is 11.5 Å². The highest BCUT2D eigenvalue weighted by Crippen LogP contribution is 2.43. The molecule has 0 radical (unpaired) electrons. The molecule has 1 amide bonds. The molecule has 110 valence electrons. The van der Waals surface area contributed by atoms with Gasteiger partial charge in [0.05, 0.1) is 13.2 Å². The highest BCUT2D eigenvalue weighted by molar-refractivity contribution is 5.70. The van der Waals surface area contributed by atoms with Crippen LogP contribution in [0.25, 0.3) is 0 Å². The summed E-state index contributed by atoms with van der Waals surface area (Å²) in [5.74, 6) is 1.75. The molecule has 3 unspecified atom stereocenters. The number of carbonyl (C=O) groups excluding carboxylic acids is 1. The van der Waals surface area contributed by atoms with Gasteiger partial charge < -0.3 is 14.2 Å². The van der Waals surface area contributed by atoms with Gasteiger partial charge in [-0.15, -0.1) is 0 Å². The molecule has 3 heterocycles. The fraction of sp³-hybridized carbons (Fsp3) is 0.438. The molecule has 1 aromatic rings. The first-order chi connectivity index (χ1) is 10.3. The molecule has 0 aliphatic carbocycles. The van der Waals surface area contributed by atoms with Crippen molar-refractivity contribution in [1.82, 2.24) is 4.90 Å². The normalized spacial score (nSPS) is 28.8. The average Bonchev–Trinajstić information content (AvgIpc) is 3.09. The van der Waals surface area contributed by atoms with Gasteiger partial charge >= 0.3 is 6.09 Å². The smallest absolute Gasteiger partial charge is 0.410 e. The summed E-state index contributed by atoms with van der Waals surface area (Å²) in [4.78, 5) is 13.9. The van der Waals surface area contributed by atoms with Crippen LogP contribution in [0.15, 0.2) is 30.4 Å². The standard InChI is InChI=1S/C16H17NO4/c1-19-16(18)17-11-3-5-12(13(17)6-4-11)10-2-7-14-15(8-10)21-9-20-14/h2-3,5,7-8,11-13H,4,6,9H2,1H3. The van der Waals surface area contributed by atoms with E-state index in [4.69, 9.17) is 14.2 Å². The Morgan fingerprint density at radius 2 is 2.10 bits per heavy atom. The van der Waals surface area contributed by atoms with Crippen LogP contribution >= 0.6 is 0 Å². The van der Waals surface area contributed by atoms with Crippen molar-refractivity contribution in [3.8, 4) is 11.5 Å². The number of hydrogen-bond acceptors (Lipinski definition) is 4. The van der Waals surface area contributed by atoms with E-state index in [-0.39, 0.29) is 30.9 Å². The predicted molar refractivity (Wildman–Crippen MR) is 75.5 cm³/mol. The summed E-state index contributed by atoms with van der Waals surface area (Å²) in [5.41, 5.74) is 1.15. The molecule has 4 rings (SSSR count). The van der Waals surface area contributed by atoms with E-state index < -0.39 is 0 Å². The van der Waals surface area contributed by atoms with Crippen LogP contribution in [-0.4, -0.2) is 37.0 Å². The summed E-state index contributed by atoms with van der Waals surface area (Å²) in [5, 5.41) is 0. The first-order valence-corrected chi connectivity index (χ1v) is 7.22. The van der Waals surface area contributed by atoms with Crippen LogP contribution in [0.4, 0.5) is 4.79 Å². The lowest BCUT2D eigenvalue weighted by Crippen LogP contribution is -2.45. The van der Waals surface area contributed by atoms with Crippen molar-refractivity contribution in [2.24, 2.45) is 0 Å². The number of methoxy groups -OCH3 is 1. The number of nitrogens with zero attached hydrogens (tertiary/aromatic N) is 1. The third-order valence-corrected chi connectivity index (χ3v) is 4.59. The van der Waals surface area contributed by atoms with E-state index in [0.717, 1.165) is 29.9 Å². The molecule has 5 nitrogen and oxygen atoms in total. The summed E-state index contributed by atoms with van der Waals surface area (Å²) < 4.78 is 15.7. The van der Waals surface area contributed by atoms with Crippen molar-refractivity contribution in [3.05, 3.63) is 35.9 Å². The van der Waals surface area contributed by atoms with E-state index in [9.17, 15) is 4.79 Å². The highest BCUT2D eigenvalue weighted by Gasteiger charge is 2.43. The van der Waals surface area contributed by atoms with Gasteiger partial charge in [-0.25, -0.2) is 4.79 Å². The van der Waals surface area contributed by atoms with Crippen LogP contribution in [0.2, 0.25) is 0 Å². The second-order valence-corrected chi connectivity index (χ2v) is 5.61. The van der Waals surface area contributed by atoms with E-state index >= 15 is 0 Å². The number of rotatable bonds is 1. The summed E-state index contributed by atoms with van der Waals surface area (Å²) in [6, 6.07) is 6.34. The molecule has 3 aliphatic rings. The van der Waals surface area contributed by atoms with Gasteiger partial charge in [0, 0.05) is 12.0 Å². The number of ether oxygens (including phenoxy) is 3. The molecular formula is C16H17NO4. The van der Waals surface area contributed by atoms with Crippen LogP contribution in [0.1, 0.15) is 24.3 Å². The average molecular weight is 287 g/mol. The van der Waals surface area contributed by atoms with Crippen molar-refractivity contribution in [1.29, 1.82) is 0 Å². The van der Waals surface area contributed by atoms with E-state index in [1.165, 1.54) is 7.11 Å². The fourth-order valence-corrected chi connectivity index (χ4v) is 3.61. The quantitative estimate of drug-likeness (QED) is 0.745. The number of fused-ring (bicyclic) bond motifs is 3. The Morgan fingerprint density at radius 1 is 1.24 bits per heavy atom. The van der Waals surface area contributed by atoms with Crippen LogP contribution in [0.5, 0.6) is 11.5 Å². The molecule has 0 spiro atoms. The summed E-state index contributed by atoms with van der Waals surface area (Å²) in [6.07, 6.45) is 6.08. The minimum absolute atomic E-state index is 0.160. The van der Waals surface area contributed by atoms with Crippen LogP contribution in [-0.2, 0) is 4.74 Å². The first kappa shape index (κ1) is 12.6. The monoisotopic (exact) mass is 287 g/mol. The minimum Gasteiger partial charge on any atom is -0.454 e. The van der Waals surface area contributed by atoms with E-state index in [2.05, 4.69) is 18.2 Å². The van der Waals surface area contributed by atoms with Crippen LogP contribution in [0, 0.1) is 0 Å². The van der Waals surface area contributed by atoms with Gasteiger partial charge in [0.1, 0.15) is 0 Å². The van der Waals surface area contributed by atoms with Gasteiger partial charge in [-0.2, -0.15) is 0 Å². The molecule has 5 heteroatoms. The number of benzene rings is 1. The highest BCUT2D eigenvalue weighted by atomic mass is 16.7. The van der Waals surface area contributed by atoms with Gasteiger partial charge in [-0.1, -0.05) is 18.2 Å². The lowest BCUT2D eigenvalue weighted by molar-refractivity contribution is 0.104. The van der Waals surface area contributed by atoms with Gasteiger partial charge in [0.2, 0.25) is 6.79 Å². The van der Waals surface area contributed by atoms with E-state index in [1.54, 1.807) is 0 Å². The van der Waals surface area contributed by atoms with Crippen LogP contribution in [0.3, 0.4) is 0 Å². The molecule has 0 aromatic heterocycles. The summed E-state index contributed by atoms with van der Waals surface area (Å²) in [6.45, 7) is 0.277. The molecule has 1 fully saturated rings. The lowest BCUT2D eigenvalue weighted by atomic mass is 9.88. The second kappa shape index (κ2) is 4.69. The number of hydrogen-bond donors (Lipinski definition) is 0. The van der Waals surface area contributed by atoms with Gasteiger partial charge in [-0.05, 0) is 30.5 Å². The van der Waals surface area contributed by atoms with Crippen molar-refractivity contribution in [2.75, 3.05) is 13.9 Å². The maximum atomic E-state index is 12.0. The zero-order chi connectivity index (χ0) is 14.4. The second-order valence-electron chi connectivity index (χ2n) is 5.61. The molecule has 0 saturated carbocycles. The maximum absolute atomic E-state index is 12.0. The Hall–Kier alpha value is -2.17.